The summed E-state index contributed by atoms with van der Waals surface area (Å²) in [5, 5.41) is 19.8. The van der Waals surface area contributed by atoms with Gasteiger partial charge in [-0.3, -0.25) is 10.1 Å². The first-order valence-electron chi connectivity index (χ1n) is 4.53. The van der Waals surface area contributed by atoms with Crippen LogP contribution >= 0.6 is 0 Å². The lowest BCUT2D eigenvalue weighted by molar-refractivity contribution is -0.383. The fourth-order valence-electron chi connectivity index (χ4n) is 1.54. The number of carboxylic acid groups (broad SMARTS) is 1. The van der Waals surface area contributed by atoms with E-state index in [1.807, 2.05) is 0 Å². The van der Waals surface area contributed by atoms with E-state index in [1.54, 1.807) is 0 Å². The van der Waals surface area contributed by atoms with E-state index < -0.39 is 10.9 Å². The lowest BCUT2D eigenvalue weighted by Gasteiger charge is -2.00. The Bertz CT molecular complexity index is 615. The van der Waals surface area contributed by atoms with Gasteiger partial charge in [0, 0.05) is 6.07 Å². The SMILES string of the molecule is COc1ccc2oc(C(=O)O)cc2c1[N+](=O)[O-]. The maximum absolute atomic E-state index is 10.9. The van der Waals surface area contributed by atoms with Crippen LogP contribution in [0.5, 0.6) is 5.75 Å². The second kappa shape index (κ2) is 3.78. The van der Waals surface area contributed by atoms with Gasteiger partial charge in [-0.1, -0.05) is 0 Å². The lowest BCUT2D eigenvalue weighted by Crippen LogP contribution is -1.94. The first-order chi connectivity index (χ1) is 8.04. The van der Waals surface area contributed by atoms with Gasteiger partial charge >= 0.3 is 11.7 Å². The second-order valence-corrected chi connectivity index (χ2v) is 3.20. The molecule has 0 saturated heterocycles. The molecule has 7 heteroatoms. The van der Waals surface area contributed by atoms with Gasteiger partial charge in [0.15, 0.2) is 5.75 Å². The highest BCUT2D eigenvalue weighted by molar-refractivity contribution is 5.96. The molecule has 1 heterocycles. The molecule has 0 unspecified atom stereocenters. The Morgan fingerprint density at radius 3 is 2.76 bits per heavy atom. The summed E-state index contributed by atoms with van der Waals surface area (Å²) in [6, 6.07) is 3.89. The highest BCUT2D eigenvalue weighted by atomic mass is 16.6. The number of ether oxygens (including phenoxy) is 1. The molecule has 0 aliphatic rings. The Morgan fingerprint density at radius 2 is 2.24 bits per heavy atom. The molecule has 0 saturated carbocycles. The largest absolute Gasteiger partial charge is 0.490 e. The molecule has 1 aromatic carbocycles. The highest BCUT2D eigenvalue weighted by Gasteiger charge is 2.23. The summed E-state index contributed by atoms with van der Waals surface area (Å²) >= 11 is 0. The number of nitrogens with zero attached hydrogens (tertiary/aromatic N) is 1. The average Bonchev–Trinajstić information content (AvgIpc) is 2.70. The topological polar surface area (TPSA) is 103 Å². The van der Waals surface area contributed by atoms with E-state index in [4.69, 9.17) is 14.3 Å². The Kier molecular flexibility index (Phi) is 2.43. The minimum absolute atomic E-state index is 0.0558. The number of carbonyl (C=O) groups is 1. The fourth-order valence-corrected chi connectivity index (χ4v) is 1.54. The zero-order valence-electron chi connectivity index (χ0n) is 8.67. The Hall–Kier alpha value is -2.57. The first kappa shape index (κ1) is 10.9. The molecule has 0 atom stereocenters. The van der Waals surface area contributed by atoms with Gasteiger partial charge in [0.2, 0.25) is 5.76 Å². The summed E-state index contributed by atoms with van der Waals surface area (Å²) in [7, 11) is 1.30. The zero-order chi connectivity index (χ0) is 12.6. The average molecular weight is 237 g/mol. The van der Waals surface area contributed by atoms with E-state index in [0.29, 0.717) is 0 Å². The predicted octanol–water partition coefficient (Wildman–Crippen LogP) is 2.05. The third kappa shape index (κ3) is 1.67. The normalized spacial score (nSPS) is 10.4. The number of rotatable bonds is 3. The van der Waals surface area contributed by atoms with E-state index in [-0.39, 0.29) is 28.2 Å². The second-order valence-electron chi connectivity index (χ2n) is 3.20. The number of furan rings is 1. The molecule has 0 amide bonds. The van der Waals surface area contributed by atoms with Crippen molar-refractivity contribution < 1.29 is 24.0 Å². The van der Waals surface area contributed by atoms with Gasteiger partial charge in [-0.2, -0.15) is 0 Å². The number of fused-ring (bicyclic) bond motifs is 1. The van der Waals surface area contributed by atoms with Crippen LogP contribution in [0.25, 0.3) is 11.0 Å². The molecule has 0 aliphatic heterocycles. The zero-order valence-corrected chi connectivity index (χ0v) is 8.67. The number of carboxylic acids is 1. The third-order valence-corrected chi connectivity index (χ3v) is 2.25. The summed E-state index contributed by atoms with van der Waals surface area (Å²) in [5.74, 6) is -1.58. The molecule has 0 aliphatic carbocycles. The van der Waals surface area contributed by atoms with E-state index in [9.17, 15) is 14.9 Å². The standard InChI is InChI=1S/C10H7NO6/c1-16-7-3-2-6-5(9(7)11(14)15)4-8(17-6)10(12)13/h2-4H,1H3,(H,12,13). The van der Waals surface area contributed by atoms with Gasteiger partial charge in [-0.25, -0.2) is 4.79 Å². The van der Waals surface area contributed by atoms with Crippen LogP contribution in [-0.2, 0) is 0 Å². The van der Waals surface area contributed by atoms with Crippen molar-refractivity contribution in [3.8, 4) is 5.75 Å². The van der Waals surface area contributed by atoms with Crippen LogP contribution in [0.15, 0.2) is 22.6 Å². The smallest absolute Gasteiger partial charge is 0.371 e. The maximum atomic E-state index is 10.9. The number of aromatic carboxylic acids is 1. The molecule has 2 rings (SSSR count). The highest BCUT2D eigenvalue weighted by Crippen LogP contribution is 2.36. The summed E-state index contributed by atoms with van der Waals surface area (Å²) in [4.78, 5) is 21.0. The molecule has 88 valence electrons. The van der Waals surface area contributed by atoms with Crippen LogP contribution in [0.2, 0.25) is 0 Å². The van der Waals surface area contributed by atoms with Crippen molar-refractivity contribution in [2.45, 2.75) is 0 Å². The molecule has 0 fully saturated rings. The van der Waals surface area contributed by atoms with Gasteiger partial charge in [0.1, 0.15) is 11.0 Å². The van der Waals surface area contributed by atoms with Crippen molar-refractivity contribution in [1.82, 2.24) is 0 Å². The lowest BCUT2D eigenvalue weighted by atomic mass is 10.2. The van der Waals surface area contributed by atoms with E-state index in [2.05, 4.69) is 0 Å². The Labute approximate surface area is 94.4 Å². The van der Waals surface area contributed by atoms with Gasteiger partial charge in [-0.15, -0.1) is 0 Å². The molecular weight excluding hydrogens is 230 g/mol. The molecule has 0 spiro atoms. The van der Waals surface area contributed by atoms with Crippen LogP contribution in [0.3, 0.4) is 0 Å². The molecule has 0 bridgehead atoms. The number of benzene rings is 1. The summed E-state index contributed by atoms with van der Waals surface area (Å²) in [6.07, 6.45) is 0. The number of methoxy groups -OCH3 is 1. The van der Waals surface area contributed by atoms with Crippen molar-refractivity contribution in [2.75, 3.05) is 7.11 Å². The maximum Gasteiger partial charge on any atom is 0.371 e. The van der Waals surface area contributed by atoms with Crippen LogP contribution in [0.4, 0.5) is 5.69 Å². The number of hydrogen-bond acceptors (Lipinski definition) is 5. The van der Waals surface area contributed by atoms with Crippen LogP contribution in [-0.4, -0.2) is 23.1 Å². The molecule has 0 radical (unpaired) electrons. The Morgan fingerprint density at radius 1 is 1.53 bits per heavy atom. The number of nitro benzene ring substituents is 1. The van der Waals surface area contributed by atoms with Gasteiger partial charge in [0.05, 0.1) is 12.0 Å². The fraction of sp³-hybridized carbons (Fsp3) is 0.100. The molecule has 1 N–H and O–H groups in total. The van der Waals surface area contributed by atoms with Gasteiger partial charge in [0.25, 0.3) is 0 Å². The molecular formula is C10H7NO6. The van der Waals surface area contributed by atoms with Crippen LogP contribution < -0.4 is 4.74 Å². The van der Waals surface area contributed by atoms with Crippen molar-refractivity contribution in [3.63, 3.8) is 0 Å². The minimum Gasteiger partial charge on any atom is -0.490 e. The van der Waals surface area contributed by atoms with Crippen LogP contribution in [0.1, 0.15) is 10.6 Å². The number of nitro groups is 1. The molecule has 1 aromatic heterocycles. The summed E-state index contributed by atoms with van der Waals surface area (Å²) < 4.78 is 9.81. The quantitative estimate of drug-likeness (QED) is 0.647. The predicted molar refractivity (Wildman–Crippen MR) is 56.4 cm³/mol. The summed E-state index contributed by atoms with van der Waals surface area (Å²) in [6.45, 7) is 0. The van der Waals surface area contributed by atoms with Gasteiger partial charge < -0.3 is 14.3 Å². The van der Waals surface area contributed by atoms with E-state index in [1.165, 1.54) is 19.2 Å². The van der Waals surface area contributed by atoms with Crippen molar-refractivity contribution in [2.24, 2.45) is 0 Å². The number of hydrogen-bond donors (Lipinski definition) is 1. The third-order valence-electron chi connectivity index (χ3n) is 2.25. The minimum atomic E-state index is -1.28. The van der Waals surface area contributed by atoms with Crippen molar-refractivity contribution >= 4 is 22.6 Å². The monoisotopic (exact) mass is 237 g/mol. The first-order valence-corrected chi connectivity index (χ1v) is 4.53. The van der Waals surface area contributed by atoms with Gasteiger partial charge in [-0.05, 0) is 12.1 Å². The molecule has 7 nitrogen and oxygen atoms in total. The molecule has 17 heavy (non-hydrogen) atoms. The summed E-state index contributed by atoms with van der Waals surface area (Å²) in [5.41, 5.74) is -0.170. The molecule has 2 aromatic rings. The van der Waals surface area contributed by atoms with Crippen molar-refractivity contribution in [3.05, 3.63) is 34.1 Å². The Balaban J connectivity index is 2.80. The van der Waals surface area contributed by atoms with Crippen LogP contribution in [0, 0.1) is 10.1 Å². The van der Waals surface area contributed by atoms with E-state index >= 15 is 0 Å². The van der Waals surface area contributed by atoms with Crippen molar-refractivity contribution in [1.29, 1.82) is 0 Å². The van der Waals surface area contributed by atoms with E-state index in [0.717, 1.165) is 6.07 Å².